The largest absolute Gasteiger partial charge is 0.309 e. The summed E-state index contributed by atoms with van der Waals surface area (Å²) in [6.07, 6.45) is 4.55. The van der Waals surface area contributed by atoms with Crippen LogP contribution in [0.4, 0.5) is 0 Å². The van der Waals surface area contributed by atoms with Crippen molar-refractivity contribution in [2.45, 2.75) is 38.6 Å². The minimum Gasteiger partial charge on any atom is -0.309 e. The van der Waals surface area contributed by atoms with Crippen molar-refractivity contribution in [1.29, 1.82) is 0 Å². The molecule has 20 heavy (non-hydrogen) atoms. The number of thiazole rings is 1. The fraction of sp³-hybridized carbons (Fsp3) is 0.438. The van der Waals surface area contributed by atoms with Crippen LogP contribution in [-0.2, 0) is 12.8 Å². The number of aromatic nitrogens is 1. The van der Waals surface area contributed by atoms with Crippen molar-refractivity contribution in [3.8, 4) is 0 Å². The number of benzene rings is 1. The molecule has 1 aromatic heterocycles. The molecule has 1 aliphatic carbocycles. The summed E-state index contributed by atoms with van der Waals surface area (Å²) < 4.78 is 0. The van der Waals surface area contributed by atoms with Crippen molar-refractivity contribution in [2.24, 2.45) is 0 Å². The lowest BCUT2D eigenvalue weighted by molar-refractivity contribution is 0.465. The number of nitrogens with one attached hydrogen (secondary N) is 1. The summed E-state index contributed by atoms with van der Waals surface area (Å²) in [5.41, 5.74) is 2.53. The Morgan fingerprint density at radius 2 is 2.35 bits per heavy atom. The molecule has 0 spiro atoms. The van der Waals surface area contributed by atoms with E-state index in [0.717, 1.165) is 18.0 Å². The Labute approximate surface area is 129 Å². The van der Waals surface area contributed by atoms with Gasteiger partial charge in [-0.1, -0.05) is 30.7 Å². The van der Waals surface area contributed by atoms with Gasteiger partial charge in [-0.05, 0) is 43.5 Å². The van der Waals surface area contributed by atoms with E-state index in [2.05, 4.69) is 18.3 Å². The van der Waals surface area contributed by atoms with Crippen LogP contribution in [0.2, 0.25) is 5.02 Å². The molecule has 1 atom stereocenters. The number of rotatable bonds is 4. The molecular weight excluding hydrogens is 288 g/mol. The zero-order valence-electron chi connectivity index (χ0n) is 11.7. The normalized spacial score (nSPS) is 18.0. The zero-order chi connectivity index (χ0) is 13.9. The molecule has 1 unspecified atom stereocenters. The third-order valence-corrected chi connectivity index (χ3v) is 5.06. The number of halogens is 1. The highest BCUT2D eigenvalue weighted by molar-refractivity contribution is 7.11. The first-order valence-electron chi connectivity index (χ1n) is 7.22. The Morgan fingerprint density at radius 3 is 3.15 bits per heavy atom. The molecule has 0 fully saturated rings. The molecule has 1 N–H and O–H groups in total. The quantitative estimate of drug-likeness (QED) is 0.907. The summed E-state index contributed by atoms with van der Waals surface area (Å²) >= 11 is 7.92. The van der Waals surface area contributed by atoms with Gasteiger partial charge >= 0.3 is 0 Å². The molecule has 1 aliphatic rings. The second kappa shape index (κ2) is 6.25. The van der Waals surface area contributed by atoms with Crippen molar-refractivity contribution in [2.75, 3.05) is 6.54 Å². The van der Waals surface area contributed by atoms with Gasteiger partial charge in [0.15, 0.2) is 0 Å². The second-order valence-corrected chi connectivity index (χ2v) is 6.83. The van der Waals surface area contributed by atoms with Crippen LogP contribution in [0, 0.1) is 0 Å². The highest BCUT2D eigenvalue weighted by Gasteiger charge is 2.23. The lowest BCUT2D eigenvalue weighted by Gasteiger charge is -2.21. The molecule has 106 valence electrons. The molecule has 0 saturated carbocycles. The highest BCUT2D eigenvalue weighted by Crippen LogP contribution is 2.34. The van der Waals surface area contributed by atoms with Gasteiger partial charge in [0.1, 0.15) is 0 Å². The molecule has 0 amide bonds. The van der Waals surface area contributed by atoms with Gasteiger partial charge in [-0.25, -0.2) is 4.98 Å². The van der Waals surface area contributed by atoms with Gasteiger partial charge in [0.25, 0.3) is 0 Å². The smallest absolute Gasteiger partial charge is 0.0975 e. The summed E-state index contributed by atoms with van der Waals surface area (Å²) in [7, 11) is 0. The minimum atomic E-state index is 0.452. The Hall–Kier alpha value is -0.900. The van der Waals surface area contributed by atoms with E-state index in [9.17, 15) is 0 Å². The topological polar surface area (TPSA) is 24.9 Å². The third-order valence-electron chi connectivity index (χ3n) is 3.69. The van der Waals surface area contributed by atoms with E-state index in [1.807, 2.05) is 29.5 Å². The SMILES string of the molecule is CCNC1CCCc2sc(Cc3cccc(Cl)c3)nc21. The van der Waals surface area contributed by atoms with Gasteiger partial charge in [-0.2, -0.15) is 0 Å². The Bertz CT molecular complexity index is 594. The van der Waals surface area contributed by atoms with E-state index in [-0.39, 0.29) is 0 Å². The van der Waals surface area contributed by atoms with Crippen molar-refractivity contribution in [3.63, 3.8) is 0 Å². The van der Waals surface area contributed by atoms with E-state index < -0.39 is 0 Å². The molecule has 1 aromatic carbocycles. The maximum Gasteiger partial charge on any atom is 0.0975 e. The lowest BCUT2D eigenvalue weighted by Crippen LogP contribution is -2.24. The van der Waals surface area contributed by atoms with Crippen molar-refractivity contribution in [1.82, 2.24) is 10.3 Å². The van der Waals surface area contributed by atoms with Crippen LogP contribution in [-0.4, -0.2) is 11.5 Å². The van der Waals surface area contributed by atoms with E-state index >= 15 is 0 Å². The molecule has 0 radical (unpaired) electrons. The number of hydrogen-bond donors (Lipinski definition) is 1. The van der Waals surface area contributed by atoms with Crippen LogP contribution >= 0.6 is 22.9 Å². The van der Waals surface area contributed by atoms with Gasteiger partial charge in [-0.15, -0.1) is 11.3 Å². The van der Waals surface area contributed by atoms with Crippen LogP contribution in [0.15, 0.2) is 24.3 Å². The molecule has 4 heteroatoms. The van der Waals surface area contributed by atoms with Crippen molar-refractivity contribution >= 4 is 22.9 Å². The standard InChI is InChI=1S/C16H19ClN2S/c1-2-18-13-7-4-8-14-16(13)19-15(20-14)10-11-5-3-6-12(17)9-11/h3,5-6,9,13,18H,2,4,7-8,10H2,1H3. The summed E-state index contributed by atoms with van der Waals surface area (Å²) in [6, 6.07) is 8.52. The maximum atomic E-state index is 6.05. The van der Waals surface area contributed by atoms with E-state index in [1.165, 1.54) is 40.4 Å². The predicted octanol–water partition coefficient (Wildman–Crippen LogP) is 4.37. The Balaban J connectivity index is 1.82. The van der Waals surface area contributed by atoms with Crippen LogP contribution in [0.1, 0.15) is 46.9 Å². The van der Waals surface area contributed by atoms with E-state index in [0.29, 0.717) is 6.04 Å². The van der Waals surface area contributed by atoms with Crippen molar-refractivity contribution in [3.05, 3.63) is 50.4 Å². The van der Waals surface area contributed by atoms with E-state index in [4.69, 9.17) is 16.6 Å². The minimum absolute atomic E-state index is 0.452. The molecule has 2 nitrogen and oxygen atoms in total. The second-order valence-electron chi connectivity index (χ2n) is 5.23. The lowest BCUT2D eigenvalue weighted by atomic mass is 9.98. The first-order valence-corrected chi connectivity index (χ1v) is 8.42. The summed E-state index contributed by atoms with van der Waals surface area (Å²) in [5, 5.41) is 5.56. The molecule has 2 aromatic rings. The molecule has 1 heterocycles. The molecule has 0 saturated heterocycles. The van der Waals surface area contributed by atoms with Gasteiger partial charge < -0.3 is 5.32 Å². The summed E-state index contributed by atoms with van der Waals surface area (Å²) in [6.45, 7) is 3.17. The first kappa shape index (κ1) is 14.1. The first-order chi connectivity index (χ1) is 9.76. The average Bonchev–Trinajstić information content (AvgIpc) is 2.82. The molecule has 3 rings (SSSR count). The predicted molar refractivity (Wildman–Crippen MR) is 85.7 cm³/mol. The van der Waals surface area contributed by atoms with E-state index in [1.54, 1.807) is 0 Å². The van der Waals surface area contributed by atoms with Crippen LogP contribution in [0.25, 0.3) is 0 Å². The van der Waals surface area contributed by atoms with Gasteiger partial charge in [0.2, 0.25) is 0 Å². The Morgan fingerprint density at radius 1 is 1.45 bits per heavy atom. The number of fused-ring (bicyclic) bond motifs is 1. The van der Waals surface area contributed by atoms with Gasteiger partial charge in [0.05, 0.1) is 16.7 Å². The Kier molecular flexibility index (Phi) is 4.39. The average molecular weight is 307 g/mol. The fourth-order valence-corrected chi connectivity index (χ4v) is 4.23. The van der Waals surface area contributed by atoms with Gasteiger partial charge in [-0.3, -0.25) is 0 Å². The fourth-order valence-electron chi connectivity index (χ4n) is 2.81. The molecule has 0 bridgehead atoms. The summed E-state index contributed by atoms with van der Waals surface area (Å²) in [4.78, 5) is 6.36. The maximum absolute atomic E-state index is 6.05. The third kappa shape index (κ3) is 3.05. The number of hydrogen-bond acceptors (Lipinski definition) is 3. The van der Waals surface area contributed by atoms with Gasteiger partial charge in [0, 0.05) is 16.3 Å². The van der Waals surface area contributed by atoms with Crippen molar-refractivity contribution < 1.29 is 0 Å². The zero-order valence-corrected chi connectivity index (χ0v) is 13.2. The number of nitrogens with zero attached hydrogens (tertiary/aromatic N) is 1. The molecular formula is C16H19ClN2S. The highest BCUT2D eigenvalue weighted by atomic mass is 35.5. The monoisotopic (exact) mass is 306 g/mol. The van der Waals surface area contributed by atoms with Crippen LogP contribution in [0.5, 0.6) is 0 Å². The van der Waals surface area contributed by atoms with Crippen LogP contribution < -0.4 is 5.32 Å². The molecule has 0 aliphatic heterocycles. The summed E-state index contributed by atoms with van der Waals surface area (Å²) in [5.74, 6) is 0. The number of aryl methyl sites for hydroxylation is 1. The van der Waals surface area contributed by atoms with Crippen LogP contribution in [0.3, 0.4) is 0 Å².